The lowest BCUT2D eigenvalue weighted by Crippen LogP contribution is -2.36. The van der Waals surface area contributed by atoms with Gasteiger partial charge in [-0.2, -0.15) is 0 Å². The van der Waals surface area contributed by atoms with Crippen LogP contribution in [0, 0.1) is 0 Å². The zero-order valence-corrected chi connectivity index (χ0v) is 29.2. The predicted molar refractivity (Wildman–Crippen MR) is 194 cm³/mol. The summed E-state index contributed by atoms with van der Waals surface area (Å²) in [4.78, 5) is 26.2. The Hall–Kier alpha value is -6.56. The highest BCUT2D eigenvalue weighted by atomic mass is 16.5. The van der Waals surface area contributed by atoms with Crippen LogP contribution in [0.15, 0.2) is 106 Å². The highest BCUT2D eigenvalue weighted by Crippen LogP contribution is 2.38. The molecule has 0 spiro atoms. The molecule has 0 fully saturated rings. The van der Waals surface area contributed by atoms with Crippen molar-refractivity contribution in [3.8, 4) is 67.8 Å². The van der Waals surface area contributed by atoms with Gasteiger partial charge in [-0.3, -0.25) is 9.59 Å². The first-order valence-electron chi connectivity index (χ1n) is 16.5. The van der Waals surface area contributed by atoms with Crippen LogP contribution in [0.2, 0.25) is 0 Å². The van der Waals surface area contributed by atoms with Gasteiger partial charge in [0.05, 0.1) is 52.4 Å². The van der Waals surface area contributed by atoms with Crippen molar-refractivity contribution >= 4 is 11.8 Å². The van der Waals surface area contributed by atoms with Crippen molar-refractivity contribution < 1.29 is 37.6 Å². The molecule has 6 rings (SSSR count). The van der Waals surface area contributed by atoms with Crippen LogP contribution < -0.4 is 29.6 Å². The van der Waals surface area contributed by atoms with E-state index < -0.39 is 0 Å². The second-order valence-corrected chi connectivity index (χ2v) is 11.6. The Balaban J connectivity index is 1.10. The third-order valence-electron chi connectivity index (χ3n) is 8.42. The predicted octanol–water partition coefficient (Wildman–Crippen LogP) is 6.38. The number of hydrogen-bond donors (Lipinski definition) is 2. The Kier molecular flexibility index (Phi) is 11.1. The van der Waals surface area contributed by atoms with Crippen LogP contribution in [-0.2, 0) is 22.4 Å². The van der Waals surface area contributed by atoms with Crippen molar-refractivity contribution in [3.63, 3.8) is 0 Å². The average Bonchev–Trinajstić information content (AvgIpc) is 3.80. The second-order valence-electron chi connectivity index (χ2n) is 11.6. The Morgan fingerprint density at radius 2 is 0.769 bits per heavy atom. The molecular formula is C40H38N4O8. The van der Waals surface area contributed by atoms with Gasteiger partial charge in [0.2, 0.25) is 11.8 Å². The summed E-state index contributed by atoms with van der Waals surface area (Å²) in [7, 11) is 6.41. The van der Waals surface area contributed by atoms with Gasteiger partial charge >= 0.3 is 0 Å². The standard InChI is InChI=1S/C40H38N4O8/c1-47-29-13-5-25(6-14-29)37-33(51-43-39(37)27-9-17-31(49-3)18-10-27)23-35(45)41-21-22-42-36(46)24-34-38(26-7-15-30(48-2)16-8-26)40(44-52-34)28-11-19-32(50-4)20-12-28/h5-20H,21-24H2,1-4H3,(H,41,45)(H,42,46). The summed E-state index contributed by atoms with van der Waals surface area (Å²) in [5.74, 6) is 3.05. The summed E-state index contributed by atoms with van der Waals surface area (Å²) in [6, 6.07) is 29.8. The lowest BCUT2D eigenvalue weighted by atomic mass is 9.97. The van der Waals surface area contributed by atoms with E-state index in [1.54, 1.807) is 28.4 Å². The van der Waals surface area contributed by atoms with Gasteiger partial charge < -0.3 is 38.6 Å². The number of benzene rings is 4. The number of carbonyl (C=O) groups is 2. The van der Waals surface area contributed by atoms with Crippen LogP contribution in [0.25, 0.3) is 44.8 Å². The average molecular weight is 703 g/mol. The van der Waals surface area contributed by atoms with Gasteiger partial charge in [-0.25, -0.2) is 0 Å². The smallest absolute Gasteiger partial charge is 0.227 e. The van der Waals surface area contributed by atoms with Gasteiger partial charge in [-0.05, 0) is 83.9 Å². The molecule has 0 aliphatic carbocycles. The molecule has 0 radical (unpaired) electrons. The van der Waals surface area contributed by atoms with E-state index in [1.807, 2.05) is 97.1 Å². The van der Waals surface area contributed by atoms with Crippen LogP contribution in [0.4, 0.5) is 0 Å². The SMILES string of the molecule is COc1ccc(-c2noc(CC(=O)NCCNC(=O)Cc3onc(-c4ccc(OC)cc4)c3-c3ccc(OC)cc3)c2-c2ccc(OC)cc2)cc1. The summed E-state index contributed by atoms with van der Waals surface area (Å²) < 4.78 is 32.7. The van der Waals surface area contributed by atoms with Crippen molar-refractivity contribution in [3.05, 3.63) is 109 Å². The minimum absolute atomic E-state index is 0.0596. The second kappa shape index (κ2) is 16.4. The van der Waals surface area contributed by atoms with Crippen LogP contribution in [0.5, 0.6) is 23.0 Å². The van der Waals surface area contributed by atoms with Gasteiger partial charge in [-0.15, -0.1) is 0 Å². The number of ether oxygens (including phenoxy) is 4. The van der Waals surface area contributed by atoms with E-state index in [1.165, 1.54) is 0 Å². The number of rotatable bonds is 15. The largest absolute Gasteiger partial charge is 0.497 e. The van der Waals surface area contributed by atoms with Crippen molar-refractivity contribution in [2.45, 2.75) is 12.8 Å². The minimum Gasteiger partial charge on any atom is -0.497 e. The van der Waals surface area contributed by atoms with E-state index in [4.69, 9.17) is 28.0 Å². The number of aromatic nitrogens is 2. The van der Waals surface area contributed by atoms with Crippen LogP contribution in [0.1, 0.15) is 11.5 Å². The molecule has 2 N–H and O–H groups in total. The molecular weight excluding hydrogens is 664 g/mol. The lowest BCUT2D eigenvalue weighted by Gasteiger charge is -2.09. The summed E-state index contributed by atoms with van der Waals surface area (Å²) in [6.07, 6.45) is -0.119. The molecule has 0 aliphatic rings. The molecule has 0 unspecified atom stereocenters. The first-order chi connectivity index (χ1) is 25.4. The van der Waals surface area contributed by atoms with Gasteiger partial charge in [0.25, 0.3) is 0 Å². The molecule has 2 heterocycles. The van der Waals surface area contributed by atoms with E-state index in [-0.39, 0.29) is 37.7 Å². The Labute approximate surface area is 300 Å². The van der Waals surface area contributed by atoms with Crippen molar-refractivity contribution in [1.29, 1.82) is 0 Å². The Morgan fingerprint density at radius 3 is 1.06 bits per heavy atom. The molecule has 0 saturated heterocycles. The molecule has 2 amide bonds. The fraction of sp³-hybridized carbons (Fsp3) is 0.200. The Morgan fingerprint density at radius 1 is 0.481 bits per heavy atom. The highest BCUT2D eigenvalue weighted by molar-refractivity contribution is 5.88. The fourth-order valence-electron chi connectivity index (χ4n) is 5.71. The lowest BCUT2D eigenvalue weighted by molar-refractivity contribution is -0.122. The fourth-order valence-corrected chi connectivity index (χ4v) is 5.71. The maximum absolute atomic E-state index is 13.1. The Bertz CT molecular complexity index is 1950. The molecule has 12 nitrogen and oxygen atoms in total. The normalized spacial score (nSPS) is 10.8. The molecule has 2 aromatic heterocycles. The van der Waals surface area contributed by atoms with Gasteiger partial charge in [0.15, 0.2) is 11.5 Å². The first kappa shape index (κ1) is 35.3. The molecule has 266 valence electrons. The molecule has 0 aliphatic heterocycles. The summed E-state index contributed by atoms with van der Waals surface area (Å²) >= 11 is 0. The van der Waals surface area contributed by atoms with E-state index in [0.717, 1.165) is 22.3 Å². The molecule has 4 aromatic carbocycles. The molecule has 0 bridgehead atoms. The van der Waals surface area contributed by atoms with Crippen molar-refractivity contribution in [2.24, 2.45) is 0 Å². The van der Waals surface area contributed by atoms with E-state index in [9.17, 15) is 9.59 Å². The summed E-state index contributed by atoms with van der Waals surface area (Å²) in [6.45, 7) is 0.390. The van der Waals surface area contributed by atoms with Crippen LogP contribution in [-0.4, -0.2) is 63.7 Å². The van der Waals surface area contributed by atoms with Crippen molar-refractivity contribution in [2.75, 3.05) is 41.5 Å². The number of nitrogens with one attached hydrogen (secondary N) is 2. The molecule has 6 aromatic rings. The monoisotopic (exact) mass is 702 g/mol. The van der Waals surface area contributed by atoms with Crippen LogP contribution >= 0.6 is 0 Å². The third kappa shape index (κ3) is 8.07. The number of nitrogens with zero attached hydrogens (tertiary/aromatic N) is 2. The number of amides is 2. The summed E-state index contributed by atoms with van der Waals surface area (Å²) in [5.41, 5.74) is 5.85. The van der Waals surface area contributed by atoms with E-state index in [0.29, 0.717) is 57.0 Å². The number of carbonyl (C=O) groups excluding carboxylic acids is 2. The van der Waals surface area contributed by atoms with E-state index >= 15 is 0 Å². The maximum atomic E-state index is 13.1. The highest BCUT2D eigenvalue weighted by Gasteiger charge is 2.23. The molecule has 0 atom stereocenters. The summed E-state index contributed by atoms with van der Waals surface area (Å²) in [5, 5.41) is 14.4. The molecule has 12 heteroatoms. The first-order valence-corrected chi connectivity index (χ1v) is 16.5. The molecule has 0 saturated carbocycles. The van der Waals surface area contributed by atoms with Gasteiger partial charge in [0, 0.05) is 24.2 Å². The zero-order chi connectivity index (χ0) is 36.5. The minimum atomic E-state index is -0.289. The third-order valence-corrected chi connectivity index (χ3v) is 8.42. The van der Waals surface area contributed by atoms with E-state index in [2.05, 4.69) is 20.9 Å². The van der Waals surface area contributed by atoms with Gasteiger partial charge in [-0.1, -0.05) is 34.6 Å². The van der Waals surface area contributed by atoms with Gasteiger partial charge in [0.1, 0.15) is 34.4 Å². The van der Waals surface area contributed by atoms with Crippen molar-refractivity contribution in [1.82, 2.24) is 20.9 Å². The maximum Gasteiger partial charge on any atom is 0.227 e. The number of methoxy groups -OCH3 is 4. The molecule has 52 heavy (non-hydrogen) atoms. The number of hydrogen-bond acceptors (Lipinski definition) is 10. The zero-order valence-electron chi connectivity index (χ0n) is 29.2. The quantitative estimate of drug-likeness (QED) is 0.116. The van der Waals surface area contributed by atoms with Crippen LogP contribution in [0.3, 0.4) is 0 Å². The topological polar surface area (TPSA) is 147 Å².